The number of hydrogen-bond donors (Lipinski definition) is 0. The molecule has 96 valence electrons. The molecule has 0 unspecified atom stereocenters. The third-order valence-corrected chi connectivity index (χ3v) is 2.95. The fraction of sp³-hybridized carbons (Fsp3) is 0.667. The standard InChI is InChI=1S/C15H25NO/c1-6-7-8-9-12-10-11-13(15(2,3)4)16-14(12)17-5/h10-11H,6-9H2,1-5H3. The van der Waals surface area contributed by atoms with Gasteiger partial charge in [-0.3, -0.25) is 0 Å². The lowest BCUT2D eigenvalue weighted by Crippen LogP contribution is -2.14. The normalized spacial score (nSPS) is 11.6. The average Bonchev–Trinajstić information content (AvgIpc) is 2.28. The Morgan fingerprint density at radius 1 is 1.18 bits per heavy atom. The van der Waals surface area contributed by atoms with Gasteiger partial charge in [-0.15, -0.1) is 0 Å². The summed E-state index contributed by atoms with van der Waals surface area (Å²) in [6, 6.07) is 4.30. The van der Waals surface area contributed by atoms with Crippen LogP contribution in [0, 0.1) is 0 Å². The van der Waals surface area contributed by atoms with E-state index in [9.17, 15) is 0 Å². The highest BCUT2D eigenvalue weighted by molar-refractivity contribution is 5.30. The van der Waals surface area contributed by atoms with E-state index in [0.29, 0.717) is 0 Å². The predicted molar refractivity (Wildman–Crippen MR) is 72.7 cm³/mol. The largest absolute Gasteiger partial charge is 0.481 e. The quantitative estimate of drug-likeness (QED) is 0.716. The fourth-order valence-corrected chi connectivity index (χ4v) is 1.82. The lowest BCUT2D eigenvalue weighted by molar-refractivity contribution is 0.385. The van der Waals surface area contributed by atoms with Crippen LogP contribution in [0.15, 0.2) is 12.1 Å². The molecule has 1 heterocycles. The van der Waals surface area contributed by atoms with Crippen LogP contribution in [0.5, 0.6) is 5.88 Å². The molecular weight excluding hydrogens is 210 g/mol. The maximum Gasteiger partial charge on any atom is 0.216 e. The SMILES string of the molecule is CCCCCc1ccc(C(C)(C)C)nc1OC. The summed E-state index contributed by atoms with van der Waals surface area (Å²) in [5.41, 5.74) is 2.40. The molecule has 0 radical (unpaired) electrons. The molecule has 0 atom stereocenters. The molecule has 1 aromatic rings. The van der Waals surface area contributed by atoms with E-state index in [1.165, 1.54) is 24.8 Å². The van der Waals surface area contributed by atoms with Gasteiger partial charge < -0.3 is 4.74 Å². The maximum absolute atomic E-state index is 5.40. The minimum absolute atomic E-state index is 0.0786. The number of hydrogen-bond acceptors (Lipinski definition) is 2. The summed E-state index contributed by atoms with van der Waals surface area (Å²) in [5.74, 6) is 0.800. The lowest BCUT2D eigenvalue weighted by atomic mass is 9.91. The van der Waals surface area contributed by atoms with Gasteiger partial charge in [0.1, 0.15) is 0 Å². The molecule has 0 N–H and O–H groups in total. The van der Waals surface area contributed by atoms with Gasteiger partial charge in [-0.2, -0.15) is 0 Å². The zero-order valence-corrected chi connectivity index (χ0v) is 11.8. The second kappa shape index (κ2) is 6.04. The van der Waals surface area contributed by atoms with Gasteiger partial charge in [-0.1, -0.05) is 46.6 Å². The Morgan fingerprint density at radius 3 is 2.41 bits per heavy atom. The Bertz CT molecular complexity index is 352. The first kappa shape index (κ1) is 14.0. The highest BCUT2D eigenvalue weighted by atomic mass is 16.5. The zero-order chi connectivity index (χ0) is 12.9. The molecule has 0 saturated heterocycles. The maximum atomic E-state index is 5.40. The van der Waals surface area contributed by atoms with Gasteiger partial charge in [-0.05, 0) is 18.9 Å². The molecule has 0 spiro atoms. The molecule has 0 saturated carbocycles. The van der Waals surface area contributed by atoms with Crippen LogP contribution >= 0.6 is 0 Å². The van der Waals surface area contributed by atoms with Crippen LogP contribution < -0.4 is 4.74 Å². The van der Waals surface area contributed by atoms with Gasteiger partial charge in [0.05, 0.1) is 7.11 Å². The van der Waals surface area contributed by atoms with Crippen molar-refractivity contribution >= 4 is 0 Å². The number of pyridine rings is 1. The molecule has 0 amide bonds. The second-order valence-corrected chi connectivity index (χ2v) is 5.57. The van der Waals surface area contributed by atoms with Crippen LogP contribution in [-0.2, 0) is 11.8 Å². The molecule has 2 heteroatoms. The summed E-state index contributed by atoms with van der Waals surface area (Å²) >= 11 is 0. The van der Waals surface area contributed by atoms with E-state index in [-0.39, 0.29) is 5.41 Å². The summed E-state index contributed by atoms with van der Waals surface area (Å²) in [6.07, 6.45) is 4.79. The summed E-state index contributed by atoms with van der Waals surface area (Å²) in [6.45, 7) is 8.74. The monoisotopic (exact) mass is 235 g/mol. The fourth-order valence-electron chi connectivity index (χ4n) is 1.82. The number of nitrogens with zero attached hydrogens (tertiary/aromatic N) is 1. The van der Waals surface area contributed by atoms with Crippen LogP contribution in [0.25, 0.3) is 0 Å². The smallest absolute Gasteiger partial charge is 0.216 e. The van der Waals surface area contributed by atoms with Gasteiger partial charge in [-0.25, -0.2) is 4.98 Å². The van der Waals surface area contributed by atoms with Gasteiger partial charge in [0.15, 0.2) is 0 Å². The molecule has 0 aliphatic rings. The van der Waals surface area contributed by atoms with Gasteiger partial charge in [0.25, 0.3) is 0 Å². The van der Waals surface area contributed by atoms with Crippen molar-refractivity contribution in [3.8, 4) is 5.88 Å². The van der Waals surface area contributed by atoms with E-state index >= 15 is 0 Å². The molecular formula is C15H25NO. The van der Waals surface area contributed by atoms with E-state index in [2.05, 4.69) is 44.8 Å². The number of rotatable bonds is 5. The first-order valence-electron chi connectivity index (χ1n) is 6.53. The Balaban J connectivity index is 2.86. The molecule has 0 aliphatic heterocycles. The molecule has 0 fully saturated rings. The first-order chi connectivity index (χ1) is 7.99. The summed E-state index contributed by atoms with van der Waals surface area (Å²) < 4.78 is 5.40. The van der Waals surface area contributed by atoms with E-state index in [4.69, 9.17) is 4.74 Å². The van der Waals surface area contributed by atoms with Crippen molar-refractivity contribution in [1.82, 2.24) is 4.98 Å². The summed E-state index contributed by atoms with van der Waals surface area (Å²) in [5, 5.41) is 0. The summed E-state index contributed by atoms with van der Waals surface area (Å²) in [4.78, 5) is 4.62. The first-order valence-corrected chi connectivity index (χ1v) is 6.53. The second-order valence-electron chi connectivity index (χ2n) is 5.57. The molecule has 2 nitrogen and oxygen atoms in total. The lowest BCUT2D eigenvalue weighted by Gasteiger charge is -2.19. The Hall–Kier alpha value is -1.05. The van der Waals surface area contributed by atoms with Crippen LogP contribution in [0.3, 0.4) is 0 Å². The van der Waals surface area contributed by atoms with Crippen molar-refractivity contribution in [2.24, 2.45) is 0 Å². The number of aromatic nitrogens is 1. The molecule has 17 heavy (non-hydrogen) atoms. The van der Waals surface area contributed by atoms with Crippen molar-refractivity contribution in [1.29, 1.82) is 0 Å². The third kappa shape index (κ3) is 4.03. The van der Waals surface area contributed by atoms with Gasteiger partial charge >= 0.3 is 0 Å². The number of methoxy groups -OCH3 is 1. The molecule has 0 aromatic carbocycles. The molecule has 1 rings (SSSR count). The van der Waals surface area contributed by atoms with Crippen LogP contribution in [0.1, 0.15) is 58.2 Å². The topological polar surface area (TPSA) is 22.1 Å². The number of ether oxygens (including phenoxy) is 1. The Morgan fingerprint density at radius 2 is 1.88 bits per heavy atom. The van der Waals surface area contributed by atoms with Crippen molar-refractivity contribution in [3.63, 3.8) is 0 Å². The van der Waals surface area contributed by atoms with Crippen molar-refractivity contribution in [2.45, 2.75) is 58.8 Å². The van der Waals surface area contributed by atoms with Crippen molar-refractivity contribution in [3.05, 3.63) is 23.4 Å². The van der Waals surface area contributed by atoms with E-state index in [1.807, 2.05) is 0 Å². The minimum atomic E-state index is 0.0786. The average molecular weight is 235 g/mol. The number of aryl methyl sites for hydroxylation is 1. The van der Waals surface area contributed by atoms with Crippen LogP contribution in [0.4, 0.5) is 0 Å². The molecule has 0 bridgehead atoms. The minimum Gasteiger partial charge on any atom is -0.481 e. The van der Waals surface area contributed by atoms with Crippen molar-refractivity contribution in [2.75, 3.05) is 7.11 Å². The number of unbranched alkanes of at least 4 members (excludes halogenated alkanes) is 2. The van der Waals surface area contributed by atoms with E-state index in [1.54, 1.807) is 7.11 Å². The van der Waals surface area contributed by atoms with Crippen molar-refractivity contribution < 1.29 is 4.74 Å². The molecule has 1 aromatic heterocycles. The van der Waals surface area contributed by atoms with E-state index in [0.717, 1.165) is 18.0 Å². The molecule has 0 aliphatic carbocycles. The third-order valence-electron chi connectivity index (χ3n) is 2.95. The highest BCUT2D eigenvalue weighted by Gasteiger charge is 2.17. The summed E-state index contributed by atoms with van der Waals surface area (Å²) in [7, 11) is 1.71. The Kier molecular flexibility index (Phi) is 4.98. The van der Waals surface area contributed by atoms with Crippen LogP contribution in [-0.4, -0.2) is 12.1 Å². The van der Waals surface area contributed by atoms with Gasteiger partial charge in [0.2, 0.25) is 5.88 Å². The zero-order valence-electron chi connectivity index (χ0n) is 11.8. The highest BCUT2D eigenvalue weighted by Crippen LogP contribution is 2.25. The predicted octanol–water partition coefficient (Wildman–Crippen LogP) is 4.12. The van der Waals surface area contributed by atoms with Crippen LogP contribution in [0.2, 0.25) is 0 Å². The van der Waals surface area contributed by atoms with Gasteiger partial charge in [0, 0.05) is 16.7 Å². The van der Waals surface area contributed by atoms with E-state index < -0.39 is 0 Å². The Labute approximate surface area is 105 Å².